The summed E-state index contributed by atoms with van der Waals surface area (Å²) in [7, 11) is 0. The van der Waals surface area contributed by atoms with Gasteiger partial charge in [-0.15, -0.1) is 0 Å². The van der Waals surface area contributed by atoms with Gasteiger partial charge in [0.05, 0.1) is 5.92 Å². The van der Waals surface area contributed by atoms with Gasteiger partial charge in [-0.05, 0) is 40.7 Å². The van der Waals surface area contributed by atoms with Crippen LogP contribution in [0, 0.1) is 17.8 Å². The van der Waals surface area contributed by atoms with E-state index in [0.717, 1.165) is 25.9 Å². The van der Waals surface area contributed by atoms with Crippen LogP contribution in [0.1, 0.15) is 70.9 Å². The monoisotopic (exact) mass is 384 g/mol. The largest absolute Gasteiger partial charge is 0.355 e. The average molecular weight is 385 g/mol. The number of likely N-dealkylation sites (tertiary alicyclic amines) is 1. The zero-order valence-electron chi connectivity index (χ0n) is 18.1. The van der Waals surface area contributed by atoms with Crippen LogP contribution in [0.25, 0.3) is 0 Å². The van der Waals surface area contributed by atoms with E-state index in [2.05, 4.69) is 62.2 Å². The number of benzene rings is 1. The second-order valence-corrected chi connectivity index (χ2v) is 9.62. The number of fused-ring (bicyclic) bond motifs is 1. The van der Waals surface area contributed by atoms with Crippen LogP contribution in [0.15, 0.2) is 24.3 Å². The highest BCUT2D eigenvalue weighted by atomic mass is 16.2. The minimum atomic E-state index is -0.0827. The molecular formula is C24H36N2O2. The van der Waals surface area contributed by atoms with Crippen molar-refractivity contribution in [2.75, 3.05) is 19.6 Å². The van der Waals surface area contributed by atoms with Crippen molar-refractivity contribution in [3.63, 3.8) is 0 Å². The molecule has 1 N–H and O–H groups in total. The van der Waals surface area contributed by atoms with E-state index in [0.29, 0.717) is 30.7 Å². The predicted octanol–water partition coefficient (Wildman–Crippen LogP) is 4.10. The third kappa shape index (κ3) is 4.42. The van der Waals surface area contributed by atoms with E-state index >= 15 is 0 Å². The molecule has 1 aliphatic heterocycles. The molecule has 28 heavy (non-hydrogen) atoms. The zero-order chi connectivity index (χ0) is 20.5. The fourth-order valence-corrected chi connectivity index (χ4v) is 4.69. The molecule has 2 amide bonds. The molecule has 0 bridgehead atoms. The first-order chi connectivity index (χ1) is 13.3. The molecule has 4 atom stereocenters. The number of hydrogen-bond acceptors (Lipinski definition) is 2. The van der Waals surface area contributed by atoms with Gasteiger partial charge in [0.1, 0.15) is 0 Å². The number of rotatable bonds is 7. The Morgan fingerprint density at radius 2 is 1.86 bits per heavy atom. The molecule has 0 spiro atoms. The first-order valence-electron chi connectivity index (χ1n) is 10.9. The zero-order valence-corrected chi connectivity index (χ0v) is 18.1. The van der Waals surface area contributed by atoms with Crippen molar-refractivity contribution < 1.29 is 9.59 Å². The number of carbonyl (C=O) groups excluding carboxylic acids is 2. The molecular weight excluding hydrogens is 348 g/mol. The molecule has 2 fully saturated rings. The summed E-state index contributed by atoms with van der Waals surface area (Å²) in [4.78, 5) is 26.6. The van der Waals surface area contributed by atoms with E-state index in [1.807, 2.05) is 6.92 Å². The number of amides is 2. The van der Waals surface area contributed by atoms with Crippen molar-refractivity contribution in [1.82, 2.24) is 10.2 Å². The van der Waals surface area contributed by atoms with Crippen LogP contribution in [0.5, 0.6) is 0 Å². The smallest absolute Gasteiger partial charge is 0.227 e. The van der Waals surface area contributed by atoms with Gasteiger partial charge in [-0.25, -0.2) is 0 Å². The molecule has 1 saturated carbocycles. The van der Waals surface area contributed by atoms with Gasteiger partial charge in [-0.1, -0.05) is 65.3 Å². The Hall–Kier alpha value is -1.84. The van der Waals surface area contributed by atoms with Crippen molar-refractivity contribution in [2.45, 2.75) is 65.2 Å². The molecule has 154 valence electrons. The second-order valence-electron chi connectivity index (χ2n) is 9.62. The number of carbonyl (C=O) groups is 2. The third-order valence-electron chi connectivity index (χ3n) is 6.50. The Morgan fingerprint density at radius 1 is 1.18 bits per heavy atom. The average Bonchev–Trinajstić information content (AvgIpc) is 3.17. The predicted molar refractivity (Wildman–Crippen MR) is 113 cm³/mol. The number of nitrogens with one attached hydrogen (secondary N) is 1. The van der Waals surface area contributed by atoms with Crippen LogP contribution >= 0.6 is 0 Å². The van der Waals surface area contributed by atoms with Crippen molar-refractivity contribution in [3.8, 4) is 0 Å². The van der Waals surface area contributed by atoms with Crippen LogP contribution < -0.4 is 5.32 Å². The lowest BCUT2D eigenvalue weighted by atomic mass is 9.85. The highest BCUT2D eigenvalue weighted by Gasteiger charge is 2.57. The van der Waals surface area contributed by atoms with Crippen molar-refractivity contribution in [2.24, 2.45) is 17.8 Å². The van der Waals surface area contributed by atoms with Crippen molar-refractivity contribution in [1.29, 1.82) is 0 Å². The normalized spacial score (nSPS) is 24.6. The highest BCUT2D eigenvalue weighted by Crippen LogP contribution is 2.58. The summed E-state index contributed by atoms with van der Waals surface area (Å²) >= 11 is 0. The van der Waals surface area contributed by atoms with E-state index in [9.17, 15) is 9.59 Å². The molecule has 1 aromatic carbocycles. The topological polar surface area (TPSA) is 49.4 Å². The summed E-state index contributed by atoms with van der Waals surface area (Å²) in [6, 6.07) is 9.03. The molecule has 0 radical (unpaired) electrons. The van der Waals surface area contributed by atoms with Crippen LogP contribution in [0.4, 0.5) is 0 Å². The van der Waals surface area contributed by atoms with Gasteiger partial charge >= 0.3 is 0 Å². The lowest BCUT2D eigenvalue weighted by Crippen LogP contribution is -2.41. The lowest BCUT2D eigenvalue weighted by Gasteiger charge is -2.26. The van der Waals surface area contributed by atoms with Crippen LogP contribution in [-0.2, 0) is 15.0 Å². The molecule has 1 heterocycles. The lowest BCUT2D eigenvalue weighted by molar-refractivity contribution is -0.135. The number of nitrogens with zero attached hydrogens (tertiary/aromatic N) is 1. The fraction of sp³-hybridized carbons (Fsp3) is 0.667. The molecule has 0 aromatic heterocycles. The minimum Gasteiger partial charge on any atom is -0.355 e. The van der Waals surface area contributed by atoms with Gasteiger partial charge in [-0.2, -0.15) is 0 Å². The molecule has 1 aliphatic carbocycles. The summed E-state index contributed by atoms with van der Waals surface area (Å²) in [5, 5.41) is 2.91. The minimum absolute atomic E-state index is 0.0250. The van der Waals surface area contributed by atoms with Crippen LogP contribution in [-0.4, -0.2) is 36.3 Å². The maximum absolute atomic E-state index is 13.0. The highest BCUT2D eigenvalue weighted by molar-refractivity contribution is 5.81. The summed E-state index contributed by atoms with van der Waals surface area (Å²) in [5.74, 6) is 1.99. The Kier molecular flexibility index (Phi) is 6.16. The molecule has 1 saturated heterocycles. The maximum atomic E-state index is 13.0. The summed E-state index contributed by atoms with van der Waals surface area (Å²) in [5.41, 5.74) is 2.99. The Balaban J connectivity index is 1.59. The molecule has 1 aromatic rings. The summed E-state index contributed by atoms with van der Waals surface area (Å²) in [6.07, 6.45) is 2.27. The van der Waals surface area contributed by atoms with Gasteiger partial charge in [-0.3, -0.25) is 9.59 Å². The van der Waals surface area contributed by atoms with Gasteiger partial charge in [0.2, 0.25) is 11.8 Å². The maximum Gasteiger partial charge on any atom is 0.227 e. The molecule has 2 aliphatic rings. The fourth-order valence-electron chi connectivity index (χ4n) is 4.69. The van der Waals surface area contributed by atoms with Crippen molar-refractivity contribution in [3.05, 3.63) is 35.4 Å². The van der Waals surface area contributed by atoms with E-state index in [4.69, 9.17) is 0 Å². The molecule has 3 rings (SSSR count). The SMILES string of the molecule is CCC[C@H](CNC(=O)CC)C(=O)N1C[C@@H]2[C@H](C1)[C@H]2c1cccc(C(C)(C)C)c1. The van der Waals surface area contributed by atoms with E-state index < -0.39 is 0 Å². The Morgan fingerprint density at radius 3 is 2.43 bits per heavy atom. The second kappa shape index (κ2) is 8.26. The van der Waals surface area contributed by atoms with E-state index in [1.165, 1.54) is 11.1 Å². The van der Waals surface area contributed by atoms with Gasteiger partial charge < -0.3 is 10.2 Å². The quantitative estimate of drug-likeness (QED) is 0.769. The first-order valence-corrected chi connectivity index (χ1v) is 10.9. The summed E-state index contributed by atoms with van der Waals surface area (Å²) < 4.78 is 0. The van der Waals surface area contributed by atoms with E-state index in [-0.39, 0.29) is 23.1 Å². The van der Waals surface area contributed by atoms with Crippen LogP contribution in [0.3, 0.4) is 0 Å². The molecule has 0 unspecified atom stereocenters. The van der Waals surface area contributed by atoms with Gasteiger partial charge in [0.25, 0.3) is 0 Å². The third-order valence-corrected chi connectivity index (χ3v) is 6.50. The molecule has 4 nitrogen and oxygen atoms in total. The van der Waals surface area contributed by atoms with Crippen LogP contribution in [0.2, 0.25) is 0 Å². The summed E-state index contributed by atoms with van der Waals surface area (Å²) in [6.45, 7) is 12.9. The Bertz CT molecular complexity index is 710. The standard InChI is InChI=1S/C24H36N2O2/c1-6-9-17(13-25-21(27)7-2)23(28)26-14-19-20(15-26)22(19)16-10-8-11-18(12-16)24(3,4)5/h8,10-12,17,19-20,22H,6-7,9,13-15H2,1-5H3,(H,25,27)/t17-,19-,20+,22+/m1/s1. The van der Waals surface area contributed by atoms with Crippen molar-refractivity contribution >= 4 is 11.8 Å². The molecule has 4 heteroatoms. The number of piperidine rings is 1. The first kappa shape index (κ1) is 20.9. The van der Waals surface area contributed by atoms with Gasteiger partial charge in [0, 0.05) is 26.1 Å². The van der Waals surface area contributed by atoms with Gasteiger partial charge in [0.15, 0.2) is 0 Å². The number of hydrogen-bond donors (Lipinski definition) is 1. The Labute approximate surface area is 170 Å². The van der Waals surface area contributed by atoms with E-state index in [1.54, 1.807) is 0 Å².